The van der Waals surface area contributed by atoms with Gasteiger partial charge in [0.25, 0.3) is 5.56 Å². The molecule has 2 unspecified atom stereocenters. The van der Waals surface area contributed by atoms with Gasteiger partial charge in [0.1, 0.15) is 5.82 Å². The second-order valence-electron chi connectivity index (χ2n) is 9.08. The summed E-state index contributed by atoms with van der Waals surface area (Å²) in [7, 11) is 0. The van der Waals surface area contributed by atoms with Gasteiger partial charge in [-0.2, -0.15) is 18.3 Å². The number of likely N-dealkylation sites (N-methyl/N-ethyl adjacent to an activating group) is 1. The van der Waals surface area contributed by atoms with E-state index in [1.165, 1.54) is 6.07 Å². The van der Waals surface area contributed by atoms with E-state index in [2.05, 4.69) is 25.4 Å². The van der Waals surface area contributed by atoms with Gasteiger partial charge in [-0.25, -0.2) is 14.6 Å². The molecule has 2 atom stereocenters. The number of piperidine rings is 1. The van der Waals surface area contributed by atoms with Crippen molar-refractivity contribution in [2.45, 2.75) is 38.1 Å². The Morgan fingerprint density at radius 1 is 1.27 bits per heavy atom. The largest absolute Gasteiger partial charge is 0.418 e. The maximum Gasteiger partial charge on any atom is 0.418 e. The highest BCUT2D eigenvalue weighted by molar-refractivity contribution is 5.83. The van der Waals surface area contributed by atoms with Crippen LogP contribution in [0.1, 0.15) is 30.3 Å². The number of hydrogen-bond acceptors (Lipinski definition) is 7. The molecule has 5 rings (SSSR count). The Balaban J connectivity index is 1.45. The lowest BCUT2D eigenvalue weighted by atomic mass is 10.00. The molecule has 0 radical (unpaired) electrons. The highest BCUT2D eigenvalue weighted by Crippen LogP contribution is 2.37. The average Bonchev–Trinajstić information content (AvgIpc) is 3.40. The topological polar surface area (TPSA) is 112 Å². The molecule has 12 heteroatoms. The summed E-state index contributed by atoms with van der Waals surface area (Å²) in [6.07, 6.45) is 0.225. The summed E-state index contributed by atoms with van der Waals surface area (Å²) in [6, 6.07) is 6.88. The van der Waals surface area contributed by atoms with Crippen LogP contribution in [0.4, 0.5) is 18.9 Å². The van der Waals surface area contributed by atoms with Gasteiger partial charge >= 0.3 is 6.18 Å². The zero-order valence-corrected chi connectivity index (χ0v) is 20.0. The molecular formula is C25H26F3N7O2. The van der Waals surface area contributed by atoms with Crippen molar-refractivity contribution in [3.8, 4) is 5.82 Å². The summed E-state index contributed by atoms with van der Waals surface area (Å²) in [6.45, 7) is 3.76. The third-order valence-corrected chi connectivity index (χ3v) is 6.57. The van der Waals surface area contributed by atoms with Gasteiger partial charge in [-0.3, -0.25) is 4.79 Å². The second kappa shape index (κ2) is 9.94. The van der Waals surface area contributed by atoms with Crippen molar-refractivity contribution in [3.05, 3.63) is 76.2 Å². The van der Waals surface area contributed by atoms with Crippen LogP contribution in [0.25, 0.3) is 16.7 Å². The molecule has 0 amide bonds. The molecule has 4 heterocycles. The lowest BCUT2D eigenvalue weighted by Gasteiger charge is -2.36. The molecule has 1 saturated heterocycles. The number of aromatic nitrogens is 5. The summed E-state index contributed by atoms with van der Waals surface area (Å²) in [5, 5.41) is 17.4. The number of nitrogens with zero attached hydrogens (tertiary/aromatic N) is 5. The lowest BCUT2D eigenvalue weighted by molar-refractivity contribution is -0.136. The molecule has 3 N–H and O–H groups in total. The van der Waals surface area contributed by atoms with Crippen molar-refractivity contribution < 1.29 is 18.3 Å². The van der Waals surface area contributed by atoms with E-state index in [0.29, 0.717) is 31.2 Å². The van der Waals surface area contributed by atoms with Crippen molar-refractivity contribution in [2.24, 2.45) is 0 Å². The second-order valence-corrected chi connectivity index (χ2v) is 9.08. The van der Waals surface area contributed by atoms with Crippen LogP contribution >= 0.6 is 0 Å². The Kier molecular flexibility index (Phi) is 6.69. The lowest BCUT2D eigenvalue weighted by Crippen LogP contribution is -2.49. The van der Waals surface area contributed by atoms with Gasteiger partial charge in [0.15, 0.2) is 5.82 Å². The maximum atomic E-state index is 13.9. The third kappa shape index (κ3) is 5.35. The molecule has 37 heavy (non-hydrogen) atoms. The molecule has 9 nitrogen and oxygen atoms in total. The fourth-order valence-electron chi connectivity index (χ4n) is 4.58. The number of hydrogen-bond donors (Lipinski definition) is 3. The first-order valence-electron chi connectivity index (χ1n) is 12.0. The molecule has 0 aliphatic carbocycles. The minimum Gasteiger partial charge on any atom is -0.390 e. The van der Waals surface area contributed by atoms with E-state index in [0.717, 1.165) is 18.2 Å². The number of fused-ring (bicyclic) bond motifs is 1. The summed E-state index contributed by atoms with van der Waals surface area (Å²) < 4.78 is 43.4. The first-order valence-corrected chi connectivity index (χ1v) is 12.0. The van der Waals surface area contributed by atoms with E-state index in [4.69, 9.17) is 0 Å². The van der Waals surface area contributed by atoms with E-state index in [1.54, 1.807) is 35.4 Å². The van der Waals surface area contributed by atoms with E-state index in [9.17, 15) is 23.1 Å². The smallest absolute Gasteiger partial charge is 0.390 e. The zero-order chi connectivity index (χ0) is 26.2. The predicted molar refractivity (Wildman–Crippen MR) is 132 cm³/mol. The van der Waals surface area contributed by atoms with Crippen LogP contribution < -0.4 is 10.9 Å². The van der Waals surface area contributed by atoms with Crippen molar-refractivity contribution in [2.75, 3.05) is 25.0 Å². The van der Waals surface area contributed by atoms with Gasteiger partial charge in [0, 0.05) is 43.8 Å². The Labute approximate surface area is 210 Å². The van der Waals surface area contributed by atoms with Crippen molar-refractivity contribution in [3.63, 3.8) is 0 Å². The van der Waals surface area contributed by atoms with Crippen LogP contribution in [0, 0.1) is 0 Å². The number of pyridine rings is 1. The van der Waals surface area contributed by atoms with Gasteiger partial charge < -0.3 is 20.3 Å². The number of nitrogens with one attached hydrogen (secondary N) is 2. The van der Waals surface area contributed by atoms with Crippen LogP contribution in [0.5, 0.6) is 0 Å². The Bertz CT molecular complexity index is 1440. The van der Waals surface area contributed by atoms with Gasteiger partial charge in [-0.1, -0.05) is 13.0 Å². The van der Waals surface area contributed by atoms with Crippen molar-refractivity contribution in [1.29, 1.82) is 0 Å². The Morgan fingerprint density at radius 3 is 2.76 bits per heavy atom. The third-order valence-electron chi connectivity index (χ3n) is 6.57. The normalized spacial score (nSPS) is 18.8. The number of H-pyrrole nitrogens is 1. The first kappa shape index (κ1) is 24.9. The zero-order valence-electron chi connectivity index (χ0n) is 20.0. The summed E-state index contributed by atoms with van der Waals surface area (Å²) >= 11 is 0. The molecule has 0 saturated carbocycles. The van der Waals surface area contributed by atoms with Gasteiger partial charge in [-0.15, -0.1) is 0 Å². The highest BCUT2D eigenvalue weighted by Gasteiger charge is 2.36. The maximum absolute atomic E-state index is 13.9. The summed E-state index contributed by atoms with van der Waals surface area (Å²) in [5.41, 5.74) is -0.938. The number of likely N-dealkylation sites (tertiary alicyclic amines) is 1. The van der Waals surface area contributed by atoms with Crippen LogP contribution in [0.15, 0.2) is 53.7 Å². The van der Waals surface area contributed by atoms with Crippen LogP contribution in [0.2, 0.25) is 0 Å². The highest BCUT2D eigenvalue weighted by atomic mass is 19.4. The van der Waals surface area contributed by atoms with Crippen LogP contribution in [-0.2, 0) is 12.6 Å². The molecule has 3 aromatic heterocycles. The van der Waals surface area contributed by atoms with Crippen LogP contribution in [-0.4, -0.2) is 66.5 Å². The number of aliphatic hydroxyl groups excluding tert-OH is 1. The van der Waals surface area contributed by atoms with E-state index >= 15 is 0 Å². The molecule has 0 spiro atoms. The minimum atomic E-state index is -4.70. The first-order chi connectivity index (χ1) is 17.7. The standard InChI is InChI=1S/C25H26F3N7O2/c1-2-34-9-6-18(21(36)14-34)31-20-12-19-16(11-17(20)25(26,27)28)24(37)33-22(32-19)10-15-4-5-23(29-13-15)35-8-3-7-30-35/h3-5,7-8,11-13,18,21,31,36H,2,6,9-10,14H2,1H3,(H,32,33,37). The number of alkyl halides is 3. The quantitative estimate of drug-likeness (QED) is 0.364. The predicted octanol–water partition coefficient (Wildman–Crippen LogP) is 2.98. The number of anilines is 1. The monoisotopic (exact) mass is 513 g/mol. The number of aromatic amines is 1. The van der Waals surface area contributed by atoms with Crippen LogP contribution in [0.3, 0.4) is 0 Å². The molecule has 1 aliphatic heterocycles. The van der Waals surface area contributed by atoms with Gasteiger partial charge in [-0.05, 0) is 42.8 Å². The molecule has 1 fully saturated rings. The number of benzene rings is 1. The number of halogens is 3. The molecular weight excluding hydrogens is 487 g/mol. The summed E-state index contributed by atoms with van der Waals surface area (Å²) in [4.78, 5) is 26.2. The molecule has 1 aromatic carbocycles. The fourth-order valence-corrected chi connectivity index (χ4v) is 4.58. The fraction of sp³-hybridized carbons (Fsp3) is 0.360. The Morgan fingerprint density at radius 2 is 2.11 bits per heavy atom. The number of β-amino-alcohol motifs (C(OH)–C–C–N with tert-alkyl or cyclic N) is 1. The van der Waals surface area contributed by atoms with Crippen molar-refractivity contribution >= 4 is 16.6 Å². The number of aliphatic hydroxyl groups is 1. The molecule has 1 aliphatic rings. The van der Waals surface area contributed by atoms with E-state index in [-0.39, 0.29) is 23.0 Å². The van der Waals surface area contributed by atoms with Crippen molar-refractivity contribution in [1.82, 2.24) is 29.6 Å². The SMILES string of the molecule is CCN1CCC(Nc2cc3nc(Cc4ccc(-n5cccn5)nc4)[nH]c(=O)c3cc2C(F)(F)F)C(O)C1. The molecule has 4 aromatic rings. The van der Waals surface area contributed by atoms with E-state index in [1.807, 2.05) is 17.9 Å². The van der Waals surface area contributed by atoms with Gasteiger partial charge in [0.05, 0.1) is 28.6 Å². The molecule has 194 valence electrons. The van der Waals surface area contributed by atoms with Gasteiger partial charge in [0.2, 0.25) is 0 Å². The minimum absolute atomic E-state index is 0.135. The summed E-state index contributed by atoms with van der Waals surface area (Å²) in [5.74, 6) is 0.921. The number of rotatable bonds is 6. The average molecular weight is 514 g/mol. The van der Waals surface area contributed by atoms with E-state index < -0.39 is 29.4 Å². The Hall–Kier alpha value is -3.77. The molecule has 0 bridgehead atoms.